The maximum Gasteiger partial charge on any atom is 0.347 e. The summed E-state index contributed by atoms with van der Waals surface area (Å²) in [6.07, 6.45) is -0.369. The van der Waals surface area contributed by atoms with Crippen LogP contribution in [-0.2, 0) is 6.42 Å². The van der Waals surface area contributed by atoms with Crippen molar-refractivity contribution in [2.24, 2.45) is 0 Å². The molecule has 206 valence electrons. The Labute approximate surface area is 239 Å². The fourth-order valence-electron chi connectivity index (χ4n) is 5.89. The summed E-state index contributed by atoms with van der Waals surface area (Å²) in [5, 5.41) is 18.8. The zero-order chi connectivity index (χ0) is 28.6. The standard InChI is InChI=1S/C34H32N4O3/c1-34(2)31(38(41)32(39)35-29-20-10-16-25-14-6-8-18-27(25)29)37(30-21-11-17-26-15-7-9-19-28(26)30)33(40)36(34)23-22-24-12-4-3-5-13-24/h3-21,31,41H,22-23H2,1-2H3,(H,35,39). The molecule has 0 bridgehead atoms. The Bertz CT molecular complexity index is 1730. The number of carbonyl (C=O) groups is 2. The SMILES string of the molecule is CC1(C)C(N(O)C(=O)Nc2cccc3ccccc23)N(c2cccc3ccccc23)C(=O)N1CCc1ccccc1. The summed E-state index contributed by atoms with van der Waals surface area (Å²) < 4.78 is 0. The molecular weight excluding hydrogens is 512 g/mol. The molecule has 1 heterocycles. The first-order chi connectivity index (χ1) is 19.9. The van der Waals surface area contributed by atoms with Crippen LogP contribution in [0, 0.1) is 0 Å². The summed E-state index contributed by atoms with van der Waals surface area (Å²) in [6.45, 7) is 4.20. The summed E-state index contributed by atoms with van der Waals surface area (Å²) in [6, 6.07) is 35.9. The van der Waals surface area contributed by atoms with Gasteiger partial charge in [-0.2, -0.15) is 5.06 Å². The third-order valence-corrected chi connectivity index (χ3v) is 7.97. The Morgan fingerprint density at radius 1 is 0.805 bits per heavy atom. The van der Waals surface area contributed by atoms with E-state index in [1.165, 1.54) is 0 Å². The molecule has 1 unspecified atom stereocenters. The molecule has 6 rings (SSSR count). The van der Waals surface area contributed by atoms with Crippen molar-refractivity contribution in [2.75, 3.05) is 16.8 Å². The first-order valence-corrected chi connectivity index (χ1v) is 13.8. The van der Waals surface area contributed by atoms with Gasteiger partial charge < -0.3 is 10.2 Å². The second-order valence-corrected chi connectivity index (χ2v) is 10.9. The predicted octanol–water partition coefficient (Wildman–Crippen LogP) is 7.51. The Balaban J connectivity index is 1.39. The first kappa shape index (κ1) is 26.3. The lowest BCUT2D eigenvalue weighted by atomic mass is 9.98. The van der Waals surface area contributed by atoms with Crippen LogP contribution < -0.4 is 10.2 Å². The summed E-state index contributed by atoms with van der Waals surface area (Å²) in [5.41, 5.74) is 1.37. The van der Waals surface area contributed by atoms with E-state index in [9.17, 15) is 14.8 Å². The highest BCUT2D eigenvalue weighted by Crippen LogP contribution is 2.40. The van der Waals surface area contributed by atoms with Gasteiger partial charge >= 0.3 is 12.1 Å². The molecule has 7 nitrogen and oxygen atoms in total. The lowest BCUT2D eigenvalue weighted by Gasteiger charge is -2.38. The van der Waals surface area contributed by atoms with Gasteiger partial charge in [0.1, 0.15) is 0 Å². The van der Waals surface area contributed by atoms with Crippen LogP contribution in [0.2, 0.25) is 0 Å². The normalized spacial score (nSPS) is 16.4. The number of nitrogens with one attached hydrogen (secondary N) is 1. The lowest BCUT2D eigenvalue weighted by Crippen LogP contribution is -2.58. The molecule has 7 heteroatoms. The monoisotopic (exact) mass is 544 g/mol. The van der Waals surface area contributed by atoms with E-state index in [1.807, 2.05) is 123 Å². The highest BCUT2D eigenvalue weighted by Gasteiger charge is 2.56. The van der Waals surface area contributed by atoms with Gasteiger partial charge in [-0.15, -0.1) is 0 Å². The zero-order valence-electron chi connectivity index (χ0n) is 23.1. The fraction of sp³-hybridized carbons (Fsp3) is 0.176. The zero-order valence-corrected chi connectivity index (χ0v) is 23.1. The molecule has 1 aliphatic rings. The lowest BCUT2D eigenvalue weighted by molar-refractivity contribution is -0.0947. The summed E-state index contributed by atoms with van der Waals surface area (Å²) in [5.74, 6) is 0. The maximum atomic E-state index is 14.2. The van der Waals surface area contributed by atoms with Crippen LogP contribution in [0.3, 0.4) is 0 Å². The Kier molecular flexibility index (Phi) is 6.81. The van der Waals surface area contributed by atoms with E-state index in [0.29, 0.717) is 29.4 Å². The molecule has 0 radical (unpaired) electrons. The molecule has 0 aromatic heterocycles. The van der Waals surface area contributed by atoms with Crippen LogP contribution in [0.1, 0.15) is 19.4 Å². The average molecular weight is 545 g/mol. The van der Waals surface area contributed by atoms with E-state index in [4.69, 9.17) is 0 Å². The van der Waals surface area contributed by atoms with Crippen molar-refractivity contribution in [1.82, 2.24) is 9.96 Å². The molecule has 0 aliphatic carbocycles. The summed E-state index contributed by atoms with van der Waals surface area (Å²) in [7, 11) is 0. The first-order valence-electron chi connectivity index (χ1n) is 13.8. The van der Waals surface area contributed by atoms with Crippen molar-refractivity contribution in [3.63, 3.8) is 0 Å². The molecule has 4 amide bonds. The summed E-state index contributed by atoms with van der Waals surface area (Å²) >= 11 is 0. The molecule has 5 aromatic rings. The van der Waals surface area contributed by atoms with Crippen LogP contribution in [0.25, 0.3) is 21.5 Å². The van der Waals surface area contributed by atoms with E-state index in [-0.39, 0.29) is 6.03 Å². The highest BCUT2D eigenvalue weighted by molar-refractivity contribution is 6.06. The quantitative estimate of drug-likeness (QED) is 0.172. The summed E-state index contributed by atoms with van der Waals surface area (Å²) in [4.78, 5) is 31.2. The number of hydroxylamine groups is 2. The van der Waals surface area contributed by atoms with E-state index in [2.05, 4.69) is 5.32 Å². The smallest absolute Gasteiger partial charge is 0.315 e. The van der Waals surface area contributed by atoms with Crippen molar-refractivity contribution in [3.05, 3.63) is 121 Å². The van der Waals surface area contributed by atoms with Crippen LogP contribution in [-0.4, -0.2) is 45.5 Å². The fourth-order valence-corrected chi connectivity index (χ4v) is 5.89. The van der Waals surface area contributed by atoms with E-state index >= 15 is 0 Å². The molecule has 0 spiro atoms. The molecule has 1 fully saturated rings. The van der Waals surface area contributed by atoms with Crippen molar-refractivity contribution in [1.29, 1.82) is 0 Å². The highest BCUT2D eigenvalue weighted by atomic mass is 16.5. The van der Waals surface area contributed by atoms with E-state index in [1.54, 1.807) is 15.9 Å². The topological polar surface area (TPSA) is 76.1 Å². The van der Waals surface area contributed by atoms with Crippen molar-refractivity contribution < 1.29 is 14.8 Å². The molecule has 1 saturated heterocycles. The van der Waals surface area contributed by atoms with Gasteiger partial charge in [-0.05, 0) is 48.7 Å². The molecule has 0 saturated carbocycles. The van der Waals surface area contributed by atoms with E-state index in [0.717, 1.165) is 27.1 Å². The number of nitrogens with zero attached hydrogens (tertiary/aromatic N) is 3. The molecule has 1 atom stereocenters. The number of hydrogen-bond acceptors (Lipinski definition) is 3. The Morgan fingerprint density at radius 2 is 1.39 bits per heavy atom. The van der Waals surface area contributed by atoms with Crippen LogP contribution in [0.5, 0.6) is 0 Å². The van der Waals surface area contributed by atoms with Crippen LogP contribution in [0.15, 0.2) is 115 Å². The average Bonchev–Trinajstić information content (AvgIpc) is 3.19. The number of rotatable bonds is 6. The van der Waals surface area contributed by atoms with Gasteiger partial charge in [-0.1, -0.05) is 103 Å². The minimum absolute atomic E-state index is 0.274. The van der Waals surface area contributed by atoms with Gasteiger partial charge in [-0.3, -0.25) is 10.1 Å². The Hall–Kier alpha value is -4.88. The van der Waals surface area contributed by atoms with Crippen LogP contribution >= 0.6 is 0 Å². The molecular formula is C34H32N4O3. The second-order valence-electron chi connectivity index (χ2n) is 10.9. The van der Waals surface area contributed by atoms with Gasteiger partial charge in [-0.25, -0.2) is 9.59 Å². The number of carbonyl (C=O) groups excluding carboxylic acids is 2. The Morgan fingerprint density at radius 3 is 2.12 bits per heavy atom. The number of fused-ring (bicyclic) bond motifs is 2. The maximum absolute atomic E-state index is 14.2. The molecule has 1 aliphatic heterocycles. The third-order valence-electron chi connectivity index (χ3n) is 7.97. The molecule has 5 aromatic carbocycles. The largest absolute Gasteiger partial charge is 0.347 e. The van der Waals surface area contributed by atoms with Crippen molar-refractivity contribution >= 4 is 45.0 Å². The minimum Gasteiger partial charge on any atom is -0.315 e. The number of amides is 4. The number of hydrogen-bond donors (Lipinski definition) is 2. The van der Waals surface area contributed by atoms with Gasteiger partial charge in [0.15, 0.2) is 6.17 Å². The number of benzene rings is 5. The minimum atomic E-state index is -1.01. The van der Waals surface area contributed by atoms with Crippen molar-refractivity contribution in [2.45, 2.75) is 32.0 Å². The van der Waals surface area contributed by atoms with Gasteiger partial charge in [0.2, 0.25) is 0 Å². The van der Waals surface area contributed by atoms with Gasteiger partial charge in [0.05, 0.1) is 16.9 Å². The predicted molar refractivity (Wildman–Crippen MR) is 163 cm³/mol. The van der Waals surface area contributed by atoms with E-state index < -0.39 is 17.7 Å². The molecule has 41 heavy (non-hydrogen) atoms. The molecule has 2 N–H and O–H groups in total. The van der Waals surface area contributed by atoms with Crippen molar-refractivity contribution in [3.8, 4) is 0 Å². The number of urea groups is 2. The number of anilines is 2. The van der Waals surface area contributed by atoms with Gasteiger partial charge in [0, 0.05) is 17.3 Å². The third kappa shape index (κ3) is 4.74. The second kappa shape index (κ2) is 10.6. The van der Waals surface area contributed by atoms with Crippen LogP contribution in [0.4, 0.5) is 21.0 Å². The van der Waals surface area contributed by atoms with Gasteiger partial charge in [0.25, 0.3) is 0 Å².